The van der Waals surface area contributed by atoms with Crippen LogP contribution in [0.4, 0.5) is 5.69 Å². The zero-order valence-electron chi connectivity index (χ0n) is 14.8. The lowest BCUT2D eigenvalue weighted by atomic mass is 10.1. The Morgan fingerprint density at radius 1 is 1.19 bits per heavy atom. The smallest absolute Gasteiger partial charge is 0.255 e. The zero-order valence-corrected chi connectivity index (χ0v) is 15.6. The van der Waals surface area contributed by atoms with Gasteiger partial charge in [0.1, 0.15) is 0 Å². The van der Waals surface area contributed by atoms with Gasteiger partial charge in [0.2, 0.25) is 10.0 Å². The maximum atomic E-state index is 12.9. The van der Waals surface area contributed by atoms with E-state index < -0.39 is 10.0 Å². The van der Waals surface area contributed by atoms with Gasteiger partial charge < -0.3 is 10.1 Å². The highest BCUT2D eigenvalue weighted by atomic mass is 32.2. The van der Waals surface area contributed by atoms with E-state index in [0.29, 0.717) is 31.0 Å². The Bertz CT molecular complexity index is 911. The average molecular weight is 374 g/mol. The summed E-state index contributed by atoms with van der Waals surface area (Å²) in [6, 6.07) is 13.4. The minimum atomic E-state index is -3.64. The summed E-state index contributed by atoms with van der Waals surface area (Å²) >= 11 is 0. The van der Waals surface area contributed by atoms with Crippen molar-refractivity contribution in [3.05, 3.63) is 59.7 Å². The number of nitrogens with zero attached hydrogens (tertiary/aromatic N) is 1. The van der Waals surface area contributed by atoms with Crippen LogP contribution < -0.4 is 5.32 Å². The number of carbonyl (C=O) groups is 1. The molecule has 0 bridgehead atoms. The topological polar surface area (TPSA) is 75.7 Å². The molecule has 1 aliphatic rings. The molecule has 1 amide bonds. The van der Waals surface area contributed by atoms with Gasteiger partial charge in [-0.25, -0.2) is 8.42 Å². The number of hydrogen-bond donors (Lipinski definition) is 1. The summed E-state index contributed by atoms with van der Waals surface area (Å²) in [4.78, 5) is 12.6. The molecule has 1 atom stereocenters. The van der Waals surface area contributed by atoms with E-state index in [1.165, 1.54) is 10.4 Å². The summed E-state index contributed by atoms with van der Waals surface area (Å²) in [5.41, 5.74) is 1.86. The zero-order chi connectivity index (χ0) is 18.7. The Morgan fingerprint density at radius 2 is 1.96 bits per heavy atom. The summed E-state index contributed by atoms with van der Waals surface area (Å²) < 4.78 is 32.6. The van der Waals surface area contributed by atoms with E-state index in [1.54, 1.807) is 30.3 Å². The first-order valence-electron chi connectivity index (χ1n) is 8.46. The van der Waals surface area contributed by atoms with Gasteiger partial charge in [0.25, 0.3) is 5.91 Å². The fourth-order valence-electron chi connectivity index (χ4n) is 2.96. The van der Waals surface area contributed by atoms with Crippen LogP contribution in [0.5, 0.6) is 0 Å². The second kappa shape index (κ2) is 7.57. The van der Waals surface area contributed by atoms with Gasteiger partial charge in [-0.2, -0.15) is 4.31 Å². The first-order valence-corrected chi connectivity index (χ1v) is 9.90. The molecule has 3 rings (SSSR count). The predicted octanol–water partition coefficient (Wildman–Crippen LogP) is 2.66. The van der Waals surface area contributed by atoms with Gasteiger partial charge in [-0.05, 0) is 43.7 Å². The predicted molar refractivity (Wildman–Crippen MR) is 99.7 cm³/mol. The summed E-state index contributed by atoms with van der Waals surface area (Å²) in [6.45, 7) is 4.76. The second-order valence-corrected chi connectivity index (χ2v) is 8.23. The number of aryl methyl sites for hydroxylation is 1. The normalized spacial score (nSPS) is 18.5. The van der Waals surface area contributed by atoms with Crippen LogP contribution in [0.3, 0.4) is 0 Å². The fraction of sp³-hybridized carbons (Fsp3) is 0.316. The number of rotatable bonds is 4. The summed E-state index contributed by atoms with van der Waals surface area (Å²) in [5.74, 6) is -0.266. The van der Waals surface area contributed by atoms with Crippen molar-refractivity contribution in [1.29, 1.82) is 0 Å². The molecule has 0 radical (unpaired) electrons. The van der Waals surface area contributed by atoms with Gasteiger partial charge in [0.05, 0.1) is 18.1 Å². The van der Waals surface area contributed by atoms with Gasteiger partial charge in [-0.3, -0.25) is 4.79 Å². The highest BCUT2D eigenvalue weighted by Crippen LogP contribution is 2.23. The maximum Gasteiger partial charge on any atom is 0.255 e. The number of morpholine rings is 1. The Labute approximate surface area is 153 Å². The lowest BCUT2D eigenvalue weighted by molar-refractivity contribution is 0.0393. The first-order chi connectivity index (χ1) is 12.4. The van der Waals surface area contributed by atoms with E-state index in [-0.39, 0.29) is 16.8 Å². The minimum Gasteiger partial charge on any atom is -0.378 e. The van der Waals surface area contributed by atoms with Crippen LogP contribution in [0.15, 0.2) is 53.4 Å². The van der Waals surface area contributed by atoms with Crippen molar-refractivity contribution >= 4 is 21.6 Å². The van der Waals surface area contributed by atoms with E-state index in [2.05, 4.69) is 5.32 Å². The lowest BCUT2D eigenvalue weighted by Gasteiger charge is -2.32. The van der Waals surface area contributed by atoms with Crippen molar-refractivity contribution in [2.75, 3.05) is 25.1 Å². The van der Waals surface area contributed by atoms with Gasteiger partial charge in [0, 0.05) is 23.8 Å². The number of benzene rings is 2. The van der Waals surface area contributed by atoms with E-state index in [9.17, 15) is 13.2 Å². The van der Waals surface area contributed by atoms with Crippen molar-refractivity contribution in [2.24, 2.45) is 0 Å². The summed E-state index contributed by atoms with van der Waals surface area (Å²) in [6.07, 6.45) is 0. The molecule has 0 saturated carbocycles. The van der Waals surface area contributed by atoms with E-state index in [0.717, 1.165) is 5.56 Å². The van der Waals surface area contributed by atoms with Crippen LogP contribution in [-0.4, -0.2) is 44.4 Å². The van der Waals surface area contributed by atoms with Crippen LogP contribution in [0.1, 0.15) is 22.8 Å². The highest BCUT2D eigenvalue weighted by molar-refractivity contribution is 7.89. The molecule has 1 saturated heterocycles. The number of anilines is 1. The number of nitrogens with one attached hydrogen (secondary N) is 1. The van der Waals surface area contributed by atoms with Gasteiger partial charge in [-0.15, -0.1) is 0 Å². The third-order valence-electron chi connectivity index (χ3n) is 4.39. The Kier molecular flexibility index (Phi) is 5.41. The molecule has 1 unspecified atom stereocenters. The second-order valence-electron chi connectivity index (χ2n) is 6.34. The van der Waals surface area contributed by atoms with Crippen molar-refractivity contribution in [3.8, 4) is 0 Å². The third-order valence-corrected chi connectivity index (χ3v) is 6.40. The molecular weight excluding hydrogens is 352 g/mol. The van der Waals surface area contributed by atoms with Crippen molar-refractivity contribution in [2.45, 2.75) is 24.8 Å². The average Bonchev–Trinajstić information content (AvgIpc) is 2.62. The van der Waals surface area contributed by atoms with Crippen LogP contribution in [0, 0.1) is 6.92 Å². The largest absolute Gasteiger partial charge is 0.378 e. The molecule has 2 aromatic rings. The molecule has 1 fully saturated rings. The minimum absolute atomic E-state index is 0.161. The first kappa shape index (κ1) is 18.6. The molecule has 1 aliphatic heterocycles. The number of carbonyl (C=O) groups excluding carboxylic acids is 1. The molecule has 6 nitrogen and oxygen atoms in total. The number of amides is 1. The summed E-state index contributed by atoms with van der Waals surface area (Å²) in [5, 5.41) is 2.78. The molecule has 26 heavy (non-hydrogen) atoms. The lowest BCUT2D eigenvalue weighted by Crippen LogP contribution is -2.46. The van der Waals surface area contributed by atoms with E-state index in [4.69, 9.17) is 4.74 Å². The van der Waals surface area contributed by atoms with Crippen molar-refractivity contribution in [1.82, 2.24) is 4.31 Å². The number of sulfonamides is 1. The van der Waals surface area contributed by atoms with E-state index in [1.807, 2.05) is 26.0 Å². The van der Waals surface area contributed by atoms with Crippen LogP contribution in [0.25, 0.3) is 0 Å². The SMILES string of the molecule is Cc1ccccc1C(=O)Nc1cccc(S(=O)(=O)N2CCOCC2C)c1. The van der Waals surface area contributed by atoms with Crippen LogP contribution >= 0.6 is 0 Å². The Hall–Kier alpha value is -2.22. The molecular formula is C19H22N2O4S. The van der Waals surface area contributed by atoms with E-state index >= 15 is 0 Å². The van der Waals surface area contributed by atoms with Crippen molar-refractivity contribution in [3.63, 3.8) is 0 Å². The molecule has 0 aliphatic carbocycles. The molecule has 0 spiro atoms. The molecule has 138 valence electrons. The molecule has 2 aromatic carbocycles. The maximum absolute atomic E-state index is 12.9. The van der Waals surface area contributed by atoms with Gasteiger partial charge in [-0.1, -0.05) is 24.3 Å². The van der Waals surface area contributed by atoms with Crippen LogP contribution in [0.2, 0.25) is 0 Å². The van der Waals surface area contributed by atoms with Gasteiger partial charge in [0.15, 0.2) is 0 Å². The quantitative estimate of drug-likeness (QED) is 0.893. The standard InChI is InChI=1S/C19H22N2O4S/c1-14-6-3-4-9-18(14)19(22)20-16-7-5-8-17(12-16)26(23,24)21-10-11-25-13-15(21)2/h3-9,12,15H,10-11,13H2,1-2H3,(H,20,22). The molecule has 1 N–H and O–H groups in total. The number of hydrogen-bond acceptors (Lipinski definition) is 4. The van der Waals surface area contributed by atoms with Crippen molar-refractivity contribution < 1.29 is 17.9 Å². The third kappa shape index (κ3) is 3.80. The molecule has 1 heterocycles. The number of ether oxygens (including phenoxy) is 1. The van der Waals surface area contributed by atoms with Crippen LogP contribution in [-0.2, 0) is 14.8 Å². The Balaban J connectivity index is 1.84. The monoisotopic (exact) mass is 374 g/mol. The molecule has 7 heteroatoms. The fourth-order valence-corrected chi connectivity index (χ4v) is 4.61. The molecule has 0 aromatic heterocycles. The Morgan fingerprint density at radius 3 is 2.69 bits per heavy atom. The highest BCUT2D eigenvalue weighted by Gasteiger charge is 2.31. The summed E-state index contributed by atoms with van der Waals surface area (Å²) in [7, 11) is -3.64. The van der Waals surface area contributed by atoms with Gasteiger partial charge >= 0.3 is 0 Å².